The molecule has 0 amide bonds. The van der Waals surface area contributed by atoms with Crippen molar-refractivity contribution in [3.8, 4) is 0 Å². The molecule has 0 aliphatic heterocycles. The van der Waals surface area contributed by atoms with E-state index in [0.29, 0.717) is 19.6 Å². The van der Waals surface area contributed by atoms with Crippen LogP contribution in [0.15, 0.2) is 4.47 Å². The summed E-state index contributed by atoms with van der Waals surface area (Å²) >= 11 is 3.48. The molecule has 0 aromatic carbocycles. The minimum absolute atomic E-state index is 0.0322. The molecule has 1 heterocycles. The zero-order chi connectivity index (χ0) is 12.8. The summed E-state index contributed by atoms with van der Waals surface area (Å²) in [5.74, 6) is 0.0322. The van der Waals surface area contributed by atoms with Gasteiger partial charge in [-0.05, 0) is 22.4 Å². The van der Waals surface area contributed by atoms with Gasteiger partial charge in [-0.3, -0.25) is 9.48 Å². The third kappa shape index (κ3) is 3.90. The third-order valence-corrected chi connectivity index (χ3v) is 3.31. The molecule has 1 aromatic rings. The van der Waals surface area contributed by atoms with E-state index in [-0.39, 0.29) is 12.4 Å². The van der Waals surface area contributed by atoms with E-state index in [9.17, 15) is 4.79 Å². The largest absolute Gasteiger partial charge is 0.372 e. The highest BCUT2D eigenvalue weighted by Gasteiger charge is 2.15. The highest BCUT2D eigenvalue weighted by Crippen LogP contribution is 2.22. The Labute approximate surface area is 109 Å². The summed E-state index contributed by atoms with van der Waals surface area (Å²) in [5, 5.41) is 4.33. The van der Waals surface area contributed by atoms with Crippen molar-refractivity contribution in [1.29, 1.82) is 0 Å². The molecule has 6 heteroatoms. The first-order valence-corrected chi connectivity index (χ1v) is 6.39. The van der Waals surface area contributed by atoms with Gasteiger partial charge in [0.1, 0.15) is 6.61 Å². The summed E-state index contributed by atoms with van der Waals surface area (Å²) < 4.78 is 7.78. The fourth-order valence-corrected chi connectivity index (χ4v) is 2.28. The molecule has 2 N–H and O–H groups in total. The van der Waals surface area contributed by atoms with E-state index in [4.69, 9.17) is 10.5 Å². The number of halogens is 1. The lowest BCUT2D eigenvalue weighted by atomic mass is 10.2. The molecule has 5 nitrogen and oxygen atoms in total. The van der Waals surface area contributed by atoms with Gasteiger partial charge >= 0.3 is 0 Å². The van der Waals surface area contributed by atoms with Crippen molar-refractivity contribution >= 4 is 21.7 Å². The van der Waals surface area contributed by atoms with Gasteiger partial charge in [0.25, 0.3) is 0 Å². The SMILES string of the molecule is CCc1nn(C)c(CC(=O)COCCN)c1Br. The summed E-state index contributed by atoms with van der Waals surface area (Å²) in [5.41, 5.74) is 7.14. The number of nitrogens with zero attached hydrogens (tertiary/aromatic N) is 2. The van der Waals surface area contributed by atoms with Gasteiger partial charge in [-0.1, -0.05) is 6.92 Å². The molecule has 17 heavy (non-hydrogen) atoms. The molecular formula is C11H18BrN3O2. The van der Waals surface area contributed by atoms with Gasteiger partial charge in [0.2, 0.25) is 0 Å². The van der Waals surface area contributed by atoms with Gasteiger partial charge < -0.3 is 10.5 Å². The number of rotatable bonds is 7. The van der Waals surface area contributed by atoms with Crippen molar-refractivity contribution in [2.24, 2.45) is 12.8 Å². The Kier molecular flexibility index (Phi) is 5.80. The van der Waals surface area contributed by atoms with Gasteiger partial charge in [-0.2, -0.15) is 5.10 Å². The van der Waals surface area contributed by atoms with Gasteiger partial charge in [0.15, 0.2) is 5.78 Å². The second kappa shape index (κ2) is 6.88. The number of carbonyl (C=O) groups excluding carboxylic acids is 1. The maximum atomic E-state index is 11.7. The van der Waals surface area contributed by atoms with Crippen LogP contribution >= 0.6 is 15.9 Å². The summed E-state index contributed by atoms with van der Waals surface area (Å²) in [4.78, 5) is 11.7. The average molecular weight is 304 g/mol. The second-order valence-electron chi connectivity index (χ2n) is 3.74. The maximum Gasteiger partial charge on any atom is 0.164 e. The van der Waals surface area contributed by atoms with Crippen LogP contribution in [0.4, 0.5) is 0 Å². The number of ether oxygens (including phenoxy) is 1. The van der Waals surface area contributed by atoms with E-state index in [1.807, 2.05) is 14.0 Å². The van der Waals surface area contributed by atoms with Gasteiger partial charge in [0.05, 0.1) is 28.9 Å². The molecule has 0 unspecified atom stereocenters. The van der Waals surface area contributed by atoms with Crippen molar-refractivity contribution in [2.75, 3.05) is 19.8 Å². The van der Waals surface area contributed by atoms with Crippen LogP contribution in [0.5, 0.6) is 0 Å². The Bertz CT molecular complexity index is 390. The topological polar surface area (TPSA) is 70.1 Å². The van der Waals surface area contributed by atoms with E-state index in [2.05, 4.69) is 21.0 Å². The number of hydrogen-bond acceptors (Lipinski definition) is 4. The predicted molar refractivity (Wildman–Crippen MR) is 68.9 cm³/mol. The fourth-order valence-electron chi connectivity index (χ4n) is 1.52. The summed E-state index contributed by atoms with van der Waals surface area (Å²) in [6.07, 6.45) is 1.17. The van der Waals surface area contributed by atoms with E-state index >= 15 is 0 Å². The highest BCUT2D eigenvalue weighted by atomic mass is 79.9. The Balaban J connectivity index is 2.62. The molecule has 0 aliphatic rings. The van der Waals surface area contributed by atoms with Crippen molar-refractivity contribution in [1.82, 2.24) is 9.78 Å². The minimum Gasteiger partial charge on any atom is -0.372 e. The monoisotopic (exact) mass is 303 g/mol. The van der Waals surface area contributed by atoms with Gasteiger partial charge in [-0.15, -0.1) is 0 Å². The minimum atomic E-state index is 0.0322. The standard InChI is InChI=1S/C11H18BrN3O2/c1-3-9-11(12)10(15(2)14-9)6-8(16)7-17-5-4-13/h3-7,13H2,1-2H3. The Morgan fingerprint density at radius 2 is 2.29 bits per heavy atom. The molecule has 0 spiro atoms. The number of aryl methyl sites for hydroxylation is 2. The zero-order valence-electron chi connectivity index (χ0n) is 10.2. The summed E-state index contributed by atoms with van der Waals surface area (Å²) in [7, 11) is 1.84. The summed E-state index contributed by atoms with van der Waals surface area (Å²) in [6.45, 7) is 2.99. The van der Waals surface area contributed by atoms with Crippen LogP contribution in [0.25, 0.3) is 0 Å². The Hall–Kier alpha value is -0.720. The van der Waals surface area contributed by atoms with E-state index in [1.165, 1.54) is 0 Å². The highest BCUT2D eigenvalue weighted by molar-refractivity contribution is 9.10. The molecule has 0 bridgehead atoms. The van der Waals surface area contributed by atoms with Crippen molar-refractivity contribution in [3.63, 3.8) is 0 Å². The van der Waals surface area contributed by atoms with Crippen LogP contribution in [-0.4, -0.2) is 35.3 Å². The maximum absolute atomic E-state index is 11.7. The van der Waals surface area contributed by atoms with Crippen LogP contribution in [-0.2, 0) is 29.4 Å². The van der Waals surface area contributed by atoms with E-state index in [0.717, 1.165) is 22.3 Å². The first kappa shape index (κ1) is 14.3. The Morgan fingerprint density at radius 3 is 2.82 bits per heavy atom. The normalized spacial score (nSPS) is 10.8. The summed E-state index contributed by atoms with van der Waals surface area (Å²) in [6, 6.07) is 0. The fraction of sp³-hybridized carbons (Fsp3) is 0.636. The number of ketones is 1. The smallest absolute Gasteiger partial charge is 0.164 e. The van der Waals surface area contributed by atoms with Crippen LogP contribution in [0.1, 0.15) is 18.3 Å². The zero-order valence-corrected chi connectivity index (χ0v) is 11.8. The lowest BCUT2D eigenvalue weighted by Crippen LogP contribution is -2.17. The number of nitrogens with two attached hydrogens (primary N) is 1. The third-order valence-electron chi connectivity index (χ3n) is 2.39. The van der Waals surface area contributed by atoms with Gasteiger partial charge in [-0.25, -0.2) is 0 Å². The average Bonchev–Trinajstić information content (AvgIpc) is 2.57. The van der Waals surface area contributed by atoms with E-state index < -0.39 is 0 Å². The van der Waals surface area contributed by atoms with Crippen molar-refractivity contribution < 1.29 is 9.53 Å². The number of aromatic nitrogens is 2. The first-order valence-electron chi connectivity index (χ1n) is 5.59. The molecule has 0 aliphatic carbocycles. The van der Waals surface area contributed by atoms with Gasteiger partial charge in [0, 0.05) is 13.6 Å². The quantitative estimate of drug-likeness (QED) is 0.758. The lowest BCUT2D eigenvalue weighted by molar-refractivity contribution is -0.122. The molecule has 0 saturated carbocycles. The molecule has 0 radical (unpaired) electrons. The predicted octanol–water partition coefficient (Wildman–Crippen LogP) is 0.832. The molecule has 96 valence electrons. The number of hydrogen-bond donors (Lipinski definition) is 1. The second-order valence-corrected chi connectivity index (χ2v) is 4.53. The number of Topliss-reactive ketones (excluding diaryl/α,β-unsaturated/α-hetero) is 1. The Morgan fingerprint density at radius 1 is 1.59 bits per heavy atom. The molecule has 1 aromatic heterocycles. The molecule has 1 rings (SSSR count). The molecular weight excluding hydrogens is 286 g/mol. The van der Waals surface area contributed by atoms with Crippen LogP contribution in [0, 0.1) is 0 Å². The van der Waals surface area contributed by atoms with Crippen LogP contribution < -0.4 is 5.73 Å². The van der Waals surface area contributed by atoms with E-state index in [1.54, 1.807) is 4.68 Å². The number of carbonyl (C=O) groups is 1. The van der Waals surface area contributed by atoms with Crippen molar-refractivity contribution in [2.45, 2.75) is 19.8 Å². The molecule has 0 atom stereocenters. The van der Waals surface area contributed by atoms with Crippen LogP contribution in [0.3, 0.4) is 0 Å². The van der Waals surface area contributed by atoms with Crippen LogP contribution in [0.2, 0.25) is 0 Å². The lowest BCUT2D eigenvalue weighted by Gasteiger charge is -2.03. The molecule has 0 saturated heterocycles. The first-order chi connectivity index (χ1) is 8.10. The molecule has 0 fully saturated rings. The van der Waals surface area contributed by atoms with Crippen molar-refractivity contribution in [3.05, 3.63) is 15.9 Å².